The van der Waals surface area contributed by atoms with Gasteiger partial charge in [0.05, 0.1) is 29.5 Å². The van der Waals surface area contributed by atoms with Gasteiger partial charge >= 0.3 is 0 Å². The quantitative estimate of drug-likeness (QED) is 0.564. The minimum absolute atomic E-state index is 0.0264. The first-order chi connectivity index (χ1) is 6.92. The molecule has 3 heteroatoms. The maximum atomic E-state index is 12.0. The molecule has 0 spiro atoms. The van der Waals surface area contributed by atoms with E-state index >= 15 is 0 Å². The Bertz CT molecular complexity index is 375. The highest BCUT2D eigenvalue weighted by molar-refractivity contribution is 6.13. The Morgan fingerprint density at radius 1 is 1.20 bits per heavy atom. The Labute approximate surface area is 89.2 Å². The standard InChI is InChI=1S/C12H16O3/c1-6-4-9-11(2)7(13)5-8(14)12(11,3)10(6)15-9/h6,9-10H,4-5H2,1-3H3. The van der Waals surface area contributed by atoms with Crippen molar-refractivity contribution < 1.29 is 14.3 Å². The fraction of sp³-hybridized carbons (Fsp3) is 0.833. The van der Waals surface area contributed by atoms with Gasteiger partial charge in [0.25, 0.3) is 0 Å². The summed E-state index contributed by atoms with van der Waals surface area (Å²) >= 11 is 0. The monoisotopic (exact) mass is 208 g/mol. The van der Waals surface area contributed by atoms with Crippen molar-refractivity contribution in [3.05, 3.63) is 0 Å². The SMILES string of the molecule is CC1CC2OC1C1(C)C(=O)CC(=O)C21C. The molecular weight excluding hydrogens is 192 g/mol. The highest BCUT2D eigenvalue weighted by atomic mass is 16.5. The van der Waals surface area contributed by atoms with Crippen LogP contribution in [0.25, 0.3) is 0 Å². The number of hydrogen-bond donors (Lipinski definition) is 0. The van der Waals surface area contributed by atoms with Crippen molar-refractivity contribution in [3.63, 3.8) is 0 Å². The smallest absolute Gasteiger partial charge is 0.149 e. The van der Waals surface area contributed by atoms with Crippen LogP contribution in [0.1, 0.15) is 33.6 Å². The zero-order valence-corrected chi connectivity index (χ0v) is 9.37. The van der Waals surface area contributed by atoms with Crippen LogP contribution in [0.4, 0.5) is 0 Å². The van der Waals surface area contributed by atoms with Gasteiger partial charge in [-0.2, -0.15) is 0 Å². The maximum Gasteiger partial charge on any atom is 0.149 e. The van der Waals surface area contributed by atoms with E-state index in [9.17, 15) is 9.59 Å². The molecule has 0 amide bonds. The van der Waals surface area contributed by atoms with Crippen molar-refractivity contribution in [1.82, 2.24) is 0 Å². The topological polar surface area (TPSA) is 43.4 Å². The van der Waals surface area contributed by atoms with Crippen molar-refractivity contribution in [1.29, 1.82) is 0 Å². The first-order valence-corrected chi connectivity index (χ1v) is 5.64. The number of hydrogen-bond acceptors (Lipinski definition) is 3. The van der Waals surface area contributed by atoms with E-state index in [1.54, 1.807) is 0 Å². The Kier molecular flexibility index (Phi) is 1.49. The lowest BCUT2D eigenvalue weighted by atomic mass is 9.57. The van der Waals surface area contributed by atoms with Gasteiger partial charge in [-0.15, -0.1) is 0 Å². The van der Waals surface area contributed by atoms with E-state index < -0.39 is 10.8 Å². The molecule has 82 valence electrons. The van der Waals surface area contributed by atoms with Gasteiger partial charge in [0.2, 0.25) is 0 Å². The summed E-state index contributed by atoms with van der Waals surface area (Å²) in [6.07, 6.45) is 0.985. The molecule has 2 bridgehead atoms. The summed E-state index contributed by atoms with van der Waals surface area (Å²) in [7, 11) is 0. The fourth-order valence-corrected chi connectivity index (χ4v) is 3.97. The lowest BCUT2D eigenvalue weighted by Gasteiger charge is -2.41. The molecule has 2 aliphatic heterocycles. The molecule has 3 nitrogen and oxygen atoms in total. The van der Waals surface area contributed by atoms with Gasteiger partial charge in [0, 0.05) is 0 Å². The van der Waals surface area contributed by atoms with Crippen LogP contribution in [0.2, 0.25) is 0 Å². The number of ether oxygens (including phenoxy) is 1. The van der Waals surface area contributed by atoms with E-state index in [4.69, 9.17) is 4.74 Å². The third-order valence-electron chi connectivity index (χ3n) is 5.19. The number of Topliss-reactive ketones (excluding diaryl/α,β-unsaturated/α-hetero) is 2. The number of rotatable bonds is 0. The molecule has 15 heavy (non-hydrogen) atoms. The average molecular weight is 208 g/mol. The number of carbonyl (C=O) groups is 2. The van der Waals surface area contributed by atoms with E-state index in [0.29, 0.717) is 5.92 Å². The molecule has 3 rings (SSSR count). The van der Waals surface area contributed by atoms with Crippen LogP contribution in [0, 0.1) is 16.7 Å². The molecule has 3 fully saturated rings. The Morgan fingerprint density at radius 3 is 2.47 bits per heavy atom. The van der Waals surface area contributed by atoms with Crippen molar-refractivity contribution in [3.8, 4) is 0 Å². The van der Waals surface area contributed by atoms with Crippen LogP contribution in [0.5, 0.6) is 0 Å². The molecule has 2 saturated heterocycles. The van der Waals surface area contributed by atoms with Gasteiger partial charge in [-0.25, -0.2) is 0 Å². The molecule has 0 aromatic rings. The maximum absolute atomic E-state index is 12.0. The number of carbonyl (C=O) groups excluding carboxylic acids is 2. The molecular formula is C12H16O3. The number of fused-ring (bicyclic) bond motifs is 5. The normalized spacial score (nSPS) is 57.7. The first-order valence-electron chi connectivity index (χ1n) is 5.64. The van der Waals surface area contributed by atoms with Crippen LogP contribution in [0.3, 0.4) is 0 Å². The van der Waals surface area contributed by atoms with Crippen LogP contribution in [-0.2, 0) is 14.3 Å². The highest BCUT2D eigenvalue weighted by Gasteiger charge is 2.75. The molecule has 3 aliphatic rings. The molecule has 2 heterocycles. The molecule has 0 N–H and O–H groups in total. The van der Waals surface area contributed by atoms with Crippen molar-refractivity contribution >= 4 is 11.6 Å². The van der Waals surface area contributed by atoms with Crippen LogP contribution >= 0.6 is 0 Å². The number of ketones is 2. The molecule has 0 radical (unpaired) electrons. The van der Waals surface area contributed by atoms with Crippen LogP contribution in [0.15, 0.2) is 0 Å². The van der Waals surface area contributed by atoms with Crippen molar-refractivity contribution in [2.75, 3.05) is 0 Å². The zero-order chi connectivity index (χ0) is 11.0. The van der Waals surface area contributed by atoms with Gasteiger partial charge in [-0.3, -0.25) is 9.59 Å². The summed E-state index contributed by atoms with van der Waals surface area (Å²) in [5.74, 6) is 0.589. The molecule has 1 saturated carbocycles. The summed E-state index contributed by atoms with van der Waals surface area (Å²) in [4.78, 5) is 24.0. The molecule has 0 aromatic heterocycles. The predicted molar refractivity (Wildman–Crippen MR) is 53.3 cm³/mol. The van der Waals surface area contributed by atoms with Crippen molar-refractivity contribution in [2.45, 2.75) is 45.8 Å². The summed E-state index contributed by atoms with van der Waals surface area (Å²) in [6, 6.07) is 0. The summed E-state index contributed by atoms with van der Waals surface area (Å²) in [6.45, 7) is 5.98. The third kappa shape index (κ3) is 0.728. The van der Waals surface area contributed by atoms with E-state index in [2.05, 4.69) is 6.92 Å². The van der Waals surface area contributed by atoms with Gasteiger partial charge in [-0.05, 0) is 26.2 Å². The molecule has 1 aliphatic carbocycles. The summed E-state index contributed by atoms with van der Waals surface area (Å²) in [5, 5.41) is 0. The zero-order valence-electron chi connectivity index (χ0n) is 9.37. The third-order valence-corrected chi connectivity index (χ3v) is 5.19. The Hall–Kier alpha value is -0.700. The van der Waals surface area contributed by atoms with Crippen LogP contribution in [-0.4, -0.2) is 23.8 Å². The van der Waals surface area contributed by atoms with E-state index in [1.807, 2.05) is 13.8 Å². The lowest BCUT2D eigenvalue weighted by Crippen LogP contribution is -2.51. The Balaban J connectivity index is 2.19. The van der Waals surface area contributed by atoms with Crippen LogP contribution < -0.4 is 0 Å². The average Bonchev–Trinajstić information content (AvgIpc) is 2.69. The predicted octanol–water partition coefficient (Wildman–Crippen LogP) is 1.35. The van der Waals surface area contributed by atoms with E-state index in [0.717, 1.165) is 6.42 Å². The van der Waals surface area contributed by atoms with E-state index in [1.165, 1.54) is 0 Å². The van der Waals surface area contributed by atoms with E-state index in [-0.39, 0.29) is 30.2 Å². The Morgan fingerprint density at radius 2 is 1.80 bits per heavy atom. The largest absolute Gasteiger partial charge is 0.373 e. The molecule has 5 atom stereocenters. The lowest BCUT2D eigenvalue weighted by molar-refractivity contribution is -0.134. The second kappa shape index (κ2) is 2.34. The minimum atomic E-state index is -0.549. The first kappa shape index (κ1) is 9.52. The van der Waals surface area contributed by atoms with Gasteiger partial charge in [0.1, 0.15) is 11.6 Å². The van der Waals surface area contributed by atoms with Gasteiger partial charge in [-0.1, -0.05) is 6.92 Å². The molecule has 0 aromatic carbocycles. The summed E-state index contributed by atoms with van der Waals surface area (Å²) < 4.78 is 5.86. The second-order valence-corrected chi connectivity index (χ2v) is 5.69. The second-order valence-electron chi connectivity index (χ2n) is 5.69. The van der Waals surface area contributed by atoms with Gasteiger partial charge in [0.15, 0.2) is 0 Å². The van der Waals surface area contributed by atoms with Crippen molar-refractivity contribution in [2.24, 2.45) is 16.7 Å². The van der Waals surface area contributed by atoms with Gasteiger partial charge < -0.3 is 4.74 Å². The summed E-state index contributed by atoms with van der Waals surface area (Å²) in [5.41, 5.74) is -1.09. The molecule has 5 unspecified atom stereocenters. The highest BCUT2D eigenvalue weighted by Crippen LogP contribution is 2.65. The fourth-order valence-electron chi connectivity index (χ4n) is 3.97. The minimum Gasteiger partial charge on any atom is -0.373 e.